The van der Waals surface area contributed by atoms with Gasteiger partial charge >= 0.3 is 0 Å². The first-order chi connectivity index (χ1) is 14.5. The molecule has 11 heteroatoms. The van der Waals surface area contributed by atoms with Crippen molar-refractivity contribution in [2.75, 3.05) is 32.8 Å². The van der Waals surface area contributed by atoms with Crippen molar-refractivity contribution in [3.63, 3.8) is 0 Å². The van der Waals surface area contributed by atoms with E-state index in [0.717, 1.165) is 39.3 Å². The van der Waals surface area contributed by atoms with Crippen LogP contribution in [-0.2, 0) is 11.3 Å². The van der Waals surface area contributed by atoms with Crippen molar-refractivity contribution in [3.05, 3.63) is 40.4 Å². The molecule has 1 aromatic heterocycles. The Kier molecular flexibility index (Phi) is 7.73. The molecule has 0 spiro atoms. The van der Waals surface area contributed by atoms with Crippen LogP contribution in [0.5, 0.6) is 0 Å². The fourth-order valence-corrected chi connectivity index (χ4v) is 3.51. The van der Waals surface area contributed by atoms with Crippen molar-refractivity contribution in [1.82, 2.24) is 26.0 Å². The van der Waals surface area contributed by atoms with Gasteiger partial charge in [0, 0.05) is 31.7 Å². The molecule has 1 saturated heterocycles. The molecule has 0 bridgehead atoms. The lowest BCUT2D eigenvalue weighted by Crippen LogP contribution is -2.56. The van der Waals surface area contributed by atoms with Crippen LogP contribution in [-0.4, -0.2) is 64.6 Å². The minimum atomic E-state index is -0.554. The van der Waals surface area contributed by atoms with Gasteiger partial charge in [-0.3, -0.25) is 15.6 Å². The van der Waals surface area contributed by atoms with E-state index in [9.17, 15) is 9.60 Å². The predicted molar refractivity (Wildman–Crippen MR) is 110 cm³/mol. The van der Waals surface area contributed by atoms with Gasteiger partial charge in [0.2, 0.25) is 0 Å². The zero-order valence-electron chi connectivity index (χ0n) is 17.0. The quantitative estimate of drug-likeness (QED) is 0.326. The molecule has 3 N–H and O–H groups in total. The Morgan fingerprint density at radius 2 is 2.13 bits per heavy atom. The van der Waals surface area contributed by atoms with Crippen molar-refractivity contribution in [2.45, 2.75) is 32.4 Å². The third-order valence-corrected chi connectivity index (χ3v) is 5.65. The summed E-state index contributed by atoms with van der Waals surface area (Å²) in [5.41, 5.74) is 3.03. The van der Waals surface area contributed by atoms with Crippen molar-refractivity contribution >= 4 is 23.1 Å². The summed E-state index contributed by atoms with van der Waals surface area (Å²) in [6, 6.07) is 3.96. The van der Waals surface area contributed by atoms with Gasteiger partial charge in [0.05, 0.1) is 23.9 Å². The Bertz CT molecular complexity index is 874. The number of hydrogen-bond acceptors (Lipinski definition) is 8. The first-order valence-corrected chi connectivity index (χ1v) is 10.1. The molecule has 30 heavy (non-hydrogen) atoms. The molecular weight excluding hydrogens is 415 g/mol. The molecule has 1 atom stereocenters. The second kappa shape index (κ2) is 10.3. The average Bonchev–Trinajstić information content (AvgIpc) is 3.23. The van der Waals surface area contributed by atoms with Crippen LogP contribution in [0.2, 0.25) is 5.02 Å². The van der Waals surface area contributed by atoms with Crippen LogP contribution in [0.25, 0.3) is 0 Å². The lowest BCUT2D eigenvalue weighted by molar-refractivity contribution is -0.0175. The topological polar surface area (TPSA) is 108 Å². The molecule has 1 aliphatic rings. The van der Waals surface area contributed by atoms with E-state index in [-0.39, 0.29) is 22.1 Å². The minimum absolute atomic E-state index is 0.0159. The fraction of sp³-hybridized carbons (Fsp3) is 0.526. The second-order valence-electron chi connectivity index (χ2n) is 7.28. The van der Waals surface area contributed by atoms with Crippen LogP contribution < -0.4 is 10.8 Å². The van der Waals surface area contributed by atoms with E-state index in [1.54, 1.807) is 0 Å². The van der Waals surface area contributed by atoms with Crippen LogP contribution in [0.4, 0.5) is 10.1 Å². The van der Waals surface area contributed by atoms with Crippen molar-refractivity contribution in [2.24, 2.45) is 4.99 Å². The Balaban J connectivity index is 1.69. The highest BCUT2D eigenvalue weighted by atomic mass is 35.5. The van der Waals surface area contributed by atoms with Crippen molar-refractivity contribution in [3.8, 4) is 0 Å². The molecule has 0 radical (unpaired) electrons. The Morgan fingerprint density at radius 3 is 2.80 bits per heavy atom. The first-order valence-electron chi connectivity index (χ1n) is 9.76. The van der Waals surface area contributed by atoms with Crippen LogP contribution in [0.3, 0.4) is 0 Å². The first kappa shape index (κ1) is 22.6. The Labute approximate surface area is 179 Å². The van der Waals surface area contributed by atoms with Crippen LogP contribution in [0.1, 0.15) is 31.7 Å². The number of hydroxylamine groups is 1. The number of rotatable bonds is 8. The number of ether oxygens (including phenoxy) is 1. The third kappa shape index (κ3) is 5.32. The number of halogens is 2. The number of nitrogens with zero attached hydrogens (tertiary/aromatic N) is 4. The molecule has 0 saturated carbocycles. The molecule has 0 aliphatic carbocycles. The van der Waals surface area contributed by atoms with Gasteiger partial charge in [-0.2, -0.15) is 0 Å². The highest BCUT2D eigenvalue weighted by Gasteiger charge is 2.31. The number of aliphatic imine (C=N–C) groups is 1. The average molecular weight is 441 g/mol. The molecule has 2 aromatic rings. The predicted octanol–water partition coefficient (Wildman–Crippen LogP) is 2.51. The molecule has 164 valence electrons. The highest BCUT2D eigenvalue weighted by Crippen LogP contribution is 2.23. The van der Waals surface area contributed by atoms with Gasteiger partial charge in [0.25, 0.3) is 0 Å². The minimum Gasteiger partial charge on any atom is -0.379 e. The molecule has 1 aromatic carbocycles. The number of aromatic nitrogens is 2. The summed E-state index contributed by atoms with van der Waals surface area (Å²) in [5, 5.41) is 20.6. The van der Waals surface area contributed by atoms with Crippen LogP contribution in [0, 0.1) is 5.82 Å². The van der Waals surface area contributed by atoms with Gasteiger partial charge in [-0.15, -0.1) is 0 Å². The van der Waals surface area contributed by atoms with Crippen molar-refractivity contribution < 1.29 is 19.0 Å². The van der Waals surface area contributed by atoms with Gasteiger partial charge in [-0.05, 0) is 36.7 Å². The van der Waals surface area contributed by atoms with E-state index in [1.807, 2.05) is 5.48 Å². The van der Waals surface area contributed by atoms with Crippen molar-refractivity contribution in [1.29, 1.82) is 0 Å². The van der Waals surface area contributed by atoms with Gasteiger partial charge in [0.1, 0.15) is 11.5 Å². The number of amidine groups is 1. The third-order valence-electron chi connectivity index (χ3n) is 5.37. The molecule has 1 unspecified atom stereocenters. The summed E-state index contributed by atoms with van der Waals surface area (Å²) < 4.78 is 23.7. The molecule has 1 fully saturated rings. The van der Waals surface area contributed by atoms with Gasteiger partial charge in [-0.1, -0.05) is 23.7 Å². The van der Waals surface area contributed by atoms with E-state index in [1.165, 1.54) is 18.2 Å². The standard InChI is InChI=1S/C19H26ClFN6O3/c1-3-19(2,27-6-8-29-9-7-27)12-22-11-16-17(26-30-25-16)18(24-28)23-13-4-5-15(21)14(20)10-13/h4-5,10,22,28H,3,6-9,11-12H2,1-2H3,(H,23,24). The van der Waals surface area contributed by atoms with E-state index in [4.69, 9.17) is 21.0 Å². The zero-order valence-corrected chi connectivity index (χ0v) is 17.7. The summed E-state index contributed by atoms with van der Waals surface area (Å²) in [6.07, 6.45) is 0.972. The summed E-state index contributed by atoms with van der Waals surface area (Å²) in [5.74, 6) is -0.538. The van der Waals surface area contributed by atoms with E-state index in [0.29, 0.717) is 17.9 Å². The van der Waals surface area contributed by atoms with E-state index in [2.05, 4.69) is 39.4 Å². The maximum Gasteiger partial charge on any atom is 0.182 e. The van der Waals surface area contributed by atoms with Crippen LogP contribution >= 0.6 is 11.6 Å². The summed E-state index contributed by atoms with van der Waals surface area (Å²) in [7, 11) is 0. The molecule has 2 heterocycles. The molecule has 0 amide bonds. The van der Waals surface area contributed by atoms with Crippen LogP contribution in [0.15, 0.2) is 27.8 Å². The smallest absolute Gasteiger partial charge is 0.182 e. The summed E-state index contributed by atoms with van der Waals surface area (Å²) in [6.45, 7) is 8.74. The number of morpholine rings is 1. The Hall–Kier alpha value is -2.11. The maximum atomic E-state index is 13.4. The summed E-state index contributed by atoms with van der Waals surface area (Å²) in [4.78, 5) is 6.64. The largest absolute Gasteiger partial charge is 0.379 e. The zero-order chi connectivity index (χ0) is 21.6. The highest BCUT2D eigenvalue weighted by molar-refractivity contribution is 6.31. The van der Waals surface area contributed by atoms with Gasteiger partial charge in [0.15, 0.2) is 11.5 Å². The fourth-order valence-electron chi connectivity index (χ4n) is 3.33. The normalized spacial score (nSPS) is 17.7. The van der Waals surface area contributed by atoms with E-state index >= 15 is 0 Å². The number of nitrogens with one attached hydrogen (secondary N) is 2. The molecular formula is C19H26ClFN6O3. The maximum absolute atomic E-state index is 13.4. The molecule has 3 rings (SSSR count). The second-order valence-corrected chi connectivity index (χ2v) is 7.69. The lowest BCUT2D eigenvalue weighted by Gasteiger charge is -2.43. The number of benzene rings is 1. The molecule has 1 aliphatic heterocycles. The lowest BCUT2D eigenvalue weighted by atomic mass is 9.95. The molecule has 9 nitrogen and oxygen atoms in total. The monoisotopic (exact) mass is 440 g/mol. The number of hydrogen-bond donors (Lipinski definition) is 3. The SMILES string of the molecule is CCC(C)(CNCc1nonc1C(=Nc1ccc(F)c(Cl)c1)NO)N1CCOCC1. The van der Waals surface area contributed by atoms with Gasteiger partial charge < -0.3 is 10.1 Å². The van der Waals surface area contributed by atoms with Gasteiger partial charge in [-0.25, -0.2) is 14.0 Å². The van der Waals surface area contributed by atoms with E-state index < -0.39 is 5.82 Å². The Morgan fingerprint density at radius 1 is 1.37 bits per heavy atom. The summed E-state index contributed by atoms with van der Waals surface area (Å²) >= 11 is 5.79.